The molecule has 0 unspecified atom stereocenters. The largest absolute Gasteiger partial charge is 0.347 e. The molecule has 3 aromatic heterocycles. The van der Waals surface area contributed by atoms with Crippen LogP contribution in [0.25, 0.3) is 11.3 Å². The lowest BCUT2D eigenvalue weighted by Crippen LogP contribution is -2.23. The van der Waals surface area contributed by atoms with Crippen LogP contribution in [0.5, 0.6) is 0 Å². The van der Waals surface area contributed by atoms with Gasteiger partial charge in [-0.3, -0.25) is 4.79 Å². The molecule has 0 fully saturated rings. The van der Waals surface area contributed by atoms with Gasteiger partial charge in [0.15, 0.2) is 0 Å². The summed E-state index contributed by atoms with van der Waals surface area (Å²) in [7, 11) is 0. The average molecular weight is 332 g/mol. The minimum Gasteiger partial charge on any atom is -0.347 e. The highest BCUT2D eigenvalue weighted by Crippen LogP contribution is 2.10. The minimum atomic E-state index is -0.191. The van der Waals surface area contributed by atoms with E-state index < -0.39 is 0 Å². The van der Waals surface area contributed by atoms with Gasteiger partial charge in [-0.25, -0.2) is 14.6 Å². The lowest BCUT2D eigenvalue weighted by Gasteiger charge is -2.05. The topological polar surface area (TPSA) is 77.1 Å². The van der Waals surface area contributed by atoms with Gasteiger partial charge in [0.05, 0.1) is 5.69 Å². The normalized spacial score (nSPS) is 10.9. The zero-order chi connectivity index (χ0) is 17.2. The second-order valence-corrected chi connectivity index (χ2v) is 5.71. The van der Waals surface area contributed by atoms with Gasteiger partial charge < -0.3 is 9.72 Å². The van der Waals surface area contributed by atoms with E-state index in [1.165, 1.54) is 6.33 Å². The lowest BCUT2D eigenvalue weighted by molar-refractivity contribution is 0.0946. The zero-order valence-electron chi connectivity index (χ0n) is 13.6. The van der Waals surface area contributed by atoms with Crippen LogP contribution in [0.4, 0.5) is 0 Å². The molecule has 1 aromatic carbocycles. The van der Waals surface area contributed by atoms with Crippen molar-refractivity contribution in [2.45, 2.75) is 13.5 Å². The van der Waals surface area contributed by atoms with E-state index >= 15 is 0 Å². The Morgan fingerprint density at radius 2 is 2.00 bits per heavy atom. The Morgan fingerprint density at radius 1 is 1.16 bits per heavy atom. The molecule has 0 atom stereocenters. The number of aromatic nitrogens is 5. The van der Waals surface area contributed by atoms with Gasteiger partial charge in [-0.15, -0.1) is 0 Å². The number of nitrogens with one attached hydrogen (secondary N) is 1. The highest BCUT2D eigenvalue weighted by Gasteiger charge is 2.11. The van der Waals surface area contributed by atoms with Crippen LogP contribution in [0.1, 0.15) is 21.7 Å². The number of carbonyl (C=O) groups excluding carboxylic acids is 1. The standard InChI is InChI=1S/C18H16N6O/c1-13-3-2-4-17-22-16(10-23(13)17)18(25)20-9-14-5-7-15(8-6-14)24-12-19-11-21-24/h2-8,10-12H,9H2,1H3,(H,20,25). The van der Waals surface area contributed by atoms with Crippen LogP contribution in [0, 0.1) is 6.92 Å². The summed E-state index contributed by atoms with van der Waals surface area (Å²) in [6.07, 6.45) is 4.89. The van der Waals surface area contributed by atoms with E-state index in [2.05, 4.69) is 20.4 Å². The first-order valence-electron chi connectivity index (χ1n) is 7.87. The van der Waals surface area contributed by atoms with Crippen LogP contribution in [0.2, 0.25) is 0 Å². The van der Waals surface area contributed by atoms with Crippen molar-refractivity contribution in [1.82, 2.24) is 29.5 Å². The molecule has 0 bridgehead atoms. The molecule has 0 saturated heterocycles. The first kappa shape index (κ1) is 15.1. The van der Waals surface area contributed by atoms with E-state index in [1.54, 1.807) is 17.2 Å². The number of pyridine rings is 1. The highest BCUT2D eigenvalue weighted by molar-refractivity contribution is 5.92. The number of rotatable bonds is 4. The van der Waals surface area contributed by atoms with Gasteiger partial charge >= 0.3 is 0 Å². The summed E-state index contributed by atoms with van der Waals surface area (Å²) in [5, 5.41) is 6.98. The van der Waals surface area contributed by atoms with Crippen LogP contribution < -0.4 is 5.32 Å². The van der Waals surface area contributed by atoms with Crippen molar-refractivity contribution in [2.24, 2.45) is 0 Å². The summed E-state index contributed by atoms with van der Waals surface area (Å²) < 4.78 is 3.59. The first-order chi connectivity index (χ1) is 12.2. The average Bonchev–Trinajstić information content (AvgIpc) is 3.30. The molecule has 0 radical (unpaired) electrons. The fourth-order valence-electron chi connectivity index (χ4n) is 2.64. The van der Waals surface area contributed by atoms with Crippen molar-refractivity contribution in [3.63, 3.8) is 0 Å². The van der Waals surface area contributed by atoms with Crippen molar-refractivity contribution in [1.29, 1.82) is 0 Å². The molecule has 0 aliphatic rings. The predicted molar refractivity (Wildman–Crippen MR) is 92.5 cm³/mol. The summed E-state index contributed by atoms with van der Waals surface area (Å²) >= 11 is 0. The molecule has 7 nitrogen and oxygen atoms in total. The van der Waals surface area contributed by atoms with Crippen molar-refractivity contribution in [2.75, 3.05) is 0 Å². The fraction of sp³-hybridized carbons (Fsp3) is 0.111. The molecular weight excluding hydrogens is 316 g/mol. The maximum Gasteiger partial charge on any atom is 0.271 e. The second kappa shape index (κ2) is 6.20. The Hall–Kier alpha value is -3.48. The SMILES string of the molecule is Cc1cccc2nc(C(=O)NCc3ccc(-n4cncn4)cc3)cn12. The number of nitrogens with zero attached hydrogens (tertiary/aromatic N) is 5. The van der Waals surface area contributed by atoms with Crippen LogP contribution in [0.3, 0.4) is 0 Å². The minimum absolute atomic E-state index is 0.191. The number of carbonyl (C=O) groups is 1. The summed E-state index contributed by atoms with van der Waals surface area (Å²) in [5.41, 5.74) is 4.13. The van der Waals surface area contributed by atoms with Gasteiger partial charge in [0.1, 0.15) is 24.0 Å². The molecule has 1 amide bonds. The molecule has 0 aliphatic heterocycles. The van der Waals surface area contributed by atoms with Crippen molar-refractivity contribution < 1.29 is 4.79 Å². The zero-order valence-corrected chi connectivity index (χ0v) is 13.6. The van der Waals surface area contributed by atoms with E-state index in [1.807, 2.05) is 53.8 Å². The van der Waals surface area contributed by atoms with Gasteiger partial charge in [0.2, 0.25) is 0 Å². The number of aryl methyl sites for hydroxylation is 1. The maximum atomic E-state index is 12.3. The summed E-state index contributed by atoms with van der Waals surface area (Å²) in [4.78, 5) is 20.6. The summed E-state index contributed by atoms with van der Waals surface area (Å²) in [6.45, 7) is 2.41. The number of benzene rings is 1. The van der Waals surface area contributed by atoms with E-state index in [0.29, 0.717) is 12.2 Å². The van der Waals surface area contributed by atoms with Crippen LogP contribution in [0.15, 0.2) is 61.3 Å². The van der Waals surface area contributed by atoms with E-state index in [0.717, 1.165) is 22.6 Å². The molecule has 124 valence electrons. The molecule has 25 heavy (non-hydrogen) atoms. The van der Waals surface area contributed by atoms with Crippen molar-refractivity contribution in [3.05, 3.63) is 78.3 Å². The van der Waals surface area contributed by atoms with Crippen LogP contribution >= 0.6 is 0 Å². The summed E-state index contributed by atoms with van der Waals surface area (Å²) in [5.74, 6) is -0.191. The van der Waals surface area contributed by atoms with Gasteiger partial charge in [-0.2, -0.15) is 5.10 Å². The Labute approximate surface area is 144 Å². The molecular formula is C18H16N6O. The Morgan fingerprint density at radius 3 is 2.72 bits per heavy atom. The predicted octanol–water partition coefficient (Wildman–Crippen LogP) is 2.15. The van der Waals surface area contributed by atoms with Crippen molar-refractivity contribution in [3.8, 4) is 5.69 Å². The van der Waals surface area contributed by atoms with Crippen molar-refractivity contribution >= 4 is 11.6 Å². The van der Waals surface area contributed by atoms with E-state index in [-0.39, 0.29) is 5.91 Å². The van der Waals surface area contributed by atoms with Gasteiger partial charge in [-0.05, 0) is 36.8 Å². The highest BCUT2D eigenvalue weighted by atomic mass is 16.1. The van der Waals surface area contributed by atoms with E-state index in [4.69, 9.17) is 0 Å². The van der Waals surface area contributed by atoms with Gasteiger partial charge in [0.25, 0.3) is 5.91 Å². The second-order valence-electron chi connectivity index (χ2n) is 5.71. The number of amides is 1. The molecule has 0 saturated carbocycles. The molecule has 7 heteroatoms. The quantitative estimate of drug-likeness (QED) is 0.621. The third kappa shape index (κ3) is 2.99. The maximum absolute atomic E-state index is 12.3. The number of fused-ring (bicyclic) bond motifs is 1. The number of imidazole rings is 1. The summed E-state index contributed by atoms with van der Waals surface area (Å²) in [6, 6.07) is 13.6. The Kier molecular flexibility index (Phi) is 3.74. The fourth-order valence-corrected chi connectivity index (χ4v) is 2.64. The third-order valence-electron chi connectivity index (χ3n) is 4.00. The molecule has 4 rings (SSSR count). The lowest BCUT2D eigenvalue weighted by atomic mass is 10.2. The monoisotopic (exact) mass is 332 g/mol. The molecule has 0 spiro atoms. The molecule has 4 aromatic rings. The molecule has 1 N–H and O–H groups in total. The smallest absolute Gasteiger partial charge is 0.271 e. The number of hydrogen-bond donors (Lipinski definition) is 1. The Bertz CT molecular complexity index is 1020. The Balaban J connectivity index is 1.45. The number of hydrogen-bond acceptors (Lipinski definition) is 4. The van der Waals surface area contributed by atoms with Gasteiger partial charge in [-0.1, -0.05) is 18.2 Å². The third-order valence-corrected chi connectivity index (χ3v) is 4.00. The molecule has 0 aliphatic carbocycles. The van der Waals surface area contributed by atoms with Crippen LogP contribution in [-0.2, 0) is 6.54 Å². The van der Waals surface area contributed by atoms with Gasteiger partial charge in [0, 0.05) is 18.4 Å². The first-order valence-corrected chi connectivity index (χ1v) is 7.87. The molecule has 3 heterocycles. The van der Waals surface area contributed by atoms with E-state index in [9.17, 15) is 4.79 Å². The van der Waals surface area contributed by atoms with Crippen LogP contribution in [-0.4, -0.2) is 30.1 Å².